The number of hydrogen-bond donors (Lipinski definition) is 1. The van der Waals surface area contributed by atoms with Crippen molar-refractivity contribution < 1.29 is 9.59 Å². The van der Waals surface area contributed by atoms with Crippen molar-refractivity contribution in [3.63, 3.8) is 0 Å². The van der Waals surface area contributed by atoms with E-state index in [1.165, 1.54) is 0 Å². The summed E-state index contributed by atoms with van der Waals surface area (Å²) in [7, 11) is 0. The molecule has 23 heavy (non-hydrogen) atoms. The van der Waals surface area contributed by atoms with Crippen LogP contribution in [-0.4, -0.2) is 18.4 Å². The number of nitrogens with one attached hydrogen (secondary N) is 1. The summed E-state index contributed by atoms with van der Waals surface area (Å²) in [6.07, 6.45) is 0.211. The average Bonchev–Trinajstić information content (AvgIpc) is 2.90. The van der Waals surface area contributed by atoms with Gasteiger partial charge in [0, 0.05) is 33.8 Å². The minimum absolute atomic E-state index is 0.0540. The van der Waals surface area contributed by atoms with E-state index in [-0.39, 0.29) is 24.2 Å². The molecular formula is C17H14BrClN2O2. The molecule has 0 bridgehead atoms. The lowest BCUT2D eigenvalue weighted by atomic mass is 10.1. The van der Waals surface area contributed by atoms with Crippen molar-refractivity contribution >= 4 is 50.7 Å². The smallest absolute Gasteiger partial charge is 0.229 e. The molecule has 0 saturated carbocycles. The second-order valence-electron chi connectivity index (χ2n) is 5.38. The third kappa shape index (κ3) is 3.74. The highest BCUT2D eigenvalue weighted by atomic mass is 79.9. The van der Waals surface area contributed by atoms with Crippen molar-refractivity contribution in [3.05, 3.63) is 58.0 Å². The van der Waals surface area contributed by atoms with Crippen molar-refractivity contribution in [3.8, 4) is 0 Å². The molecule has 6 heteroatoms. The van der Waals surface area contributed by atoms with Crippen molar-refractivity contribution in [1.82, 2.24) is 0 Å². The summed E-state index contributed by atoms with van der Waals surface area (Å²) >= 11 is 9.23. The lowest BCUT2D eigenvalue weighted by Gasteiger charge is -2.16. The monoisotopic (exact) mass is 392 g/mol. The van der Waals surface area contributed by atoms with Gasteiger partial charge in [0.2, 0.25) is 11.8 Å². The van der Waals surface area contributed by atoms with Crippen LogP contribution in [0.1, 0.15) is 6.42 Å². The molecule has 1 aliphatic heterocycles. The number of hydrogen-bond acceptors (Lipinski definition) is 2. The maximum absolute atomic E-state index is 12.4. The third-order valence-electron chi connectivity index (χ3n) is 3.73. The van der Waals surface area contributed by atoms with Gasteiger partial charge in [0.05, 0.1) is 5.92 Å². The number of halogens is 2. The predicted molar refractivity (Wildman–Crippen MR) is 94.7 cm³/mol. The molecule has 1 aliphatic rings. The SMILES string of the molecule is O=C(Nc1cccc(Br)c1)[C@H]1CC(=O)N(c2ccc(Cl)cc2)C1. The lowest BCUT2D eigenvalue weighted by Crippen LogP contribution is -2.28. The predicted octanol–water partition coefficient (Wildman–Crippen LogP) is 4.09. The maximum atomic E-state index is 12.4. The fourth-order valence-corrected chi connectivity index (χ4v) is 3.09. The Hall–Kier alpha value is -1.85. The van der Waals surface area contributed by atoms with Gasteiger partial charge in [0.25, 0.3) is 0 Å². The number of anilines is 2. The van der Waals surface area contributed by atoms with Crippen LogP contribution in [0.2, 0.25) is 5.02 Å². The topological polar surface area (TPSA) is 49.4 Å². The molecule has 3 rings (SSSR count). The van der Waals surface area contributed by atoms with Crippen LogP contribution in [0.15, 0.2) is 53.0 Å². The van der Waals surface area contributed by atoms with Gasteiger partial charge in [-0.05, 0) is 42.5 Å². The standard InChI is InChI=1S/C17H14BrClN2O2/c18-12-2-1-3-14(9-12)20-17(23)11-8-16(22)21(10-11)15-6-4-13(19)5-7-15/h1-7,9,11H,8,10H2,(H,20,23)/t11-/m0/s1. The number of nitrogens with zero attached hydrogens (tertiary/aromatic N) is 1. The van der Waals surface area contributed by atoms with E-state index in [9.17, 15) is 9.59 Å². The molecule has 0 radical (unpaired) electrons. The fourth-order valence-electron chi connectivity index (χ4n) is 2.56. The molecule has 1 N–H and O–H groups in total. The summed E-state index contributed by atoms with van der Waals surface area (Å²) in [4.78, 5) is 26.2. The second kappa shape index (κ2) is 6.72. The van der Waals surface area contributed by atoms with Gasteiger partial charge >= 0.3 is 0 Å². The Labute approximate surface area is 147 Å². The van der Waals surface area contributed by atoms with Crippen LogP contribution in [0.5, 0.6) is 0 Å². The lowest BCUT2D eigenvalue weighted by molar-refractivity contribution is -0.122. The first-order chi connectivity index (χ1) is 11.0. The summed E-state index contributed by atoms with van der Waals surface area (Å²) in [5.41, 5.74) is 1.47. The van der Waals surface area contributed by atoms with E-state index in [4.69, 9.17) is 11.6 Å². The number of rotatable bonds is 3. The Morgan fingerprint density at radius 3 is 2.65 bits per heavy atom. The molecule has 2 aromatic rings. The van der Waals surface area contributed by atoms with Gasteiger partial charge in [0.15, 0.2) is 0 Å². The van der Waals surface area contributed by atoms with Gasteiger partial charge in [-0.25, -0.2) is 0 Å². The van der Waals surface area contributed by atoms with E-state index >= 15 is 0 Å². The van der Waals surface area contributed by atoms with E-state index in [1.807, 2.05) is 24.3 Å². The van der Waals surface area contributed by atoms with Crippen molar-refractivity contribution in [2.75, 3.05) is 16.8 Å². The Bertz CT molecular complexity index is 749. The Balaban J connectivity index is 1.69. The minimum Gasteiger partial charge on any atom is -0.326 e. The zero-order valence-corrected chi connectivity index (χ0v) is 14.5. The van der Waals surface area contributed by atoms with Gasteiger partial charge in [-0.2, -0.15) is 0 Å². The zero-order chi connectivity index (χ0) is 16.4. The summed E-state index contributed by atoms with van der Waals surface area (Å²) in [5, 5.41) is 3.47. The molecule has 1 fully saturated rings. The van der Waals surface area contributed by atoms with E-state index in [0.717, 1.165) is 10.2 Å². The number of amides is 2. The van der Waals surface area contributed by atoms with Gasteiger partial charge in [-0.1, -0.05) is 33.6 Å². The largest absolute Gasteiger partial charge is 0.326 e. The van der Waals surface area contributed by atoms with E-state index < -0.39 is 0 Å². The van der Waals surface area contributed by atoms with Crippen LogP contribution in [0.3, 0.4) is 0 Å². The third-order valence-corrected chi connectivity index (χ3v) is 4.47. The van der Waals surface area contributed by atoms with Crippen LogP contribution in [-0.2, 0) is 9.59 Å². The number of benzene rings is 2. The first-order valence-corrected chi connectivity index (χ1v) is 8.32. The molecule has 0 unspecified atom stereocenters. The first-order valence-electron chi connectivity index (χ1n) is 7.15. The van der Waals surface area contributed by atoms with Gasteiger partial charge in [-0.3, -0.25) is 9.59 Å². The van der Waals surface area contributed by atoms with E-state index in [0.29, 0.717) is 17.3 Å². The molecule has 0 spiro atoms. The molecule has 0 aliphatic carbocycles. The minimum atomic E-state index is -0.364. The van der Waals surface area contributed by atoms with Crippen LogP contribution in [0, 0.1) is 5.92 Å². The second-order valence-corrected chi connectivity index (χ2v) is 6.73. The summed E-state index contributed by atoms with van der Waals surface area (Å²) in [6.45, 7) is 0.375. The molecule has 1 saturated heterocycles. The summed E-state index contributed by atoms with van der Waals surface area (Å²) in [5.74, 6) is -0.563. The van der Waals surface area contributed by atoms with Gasteiger partial charge in [0.1, 0.15) is 0 Å². The average molecular weight is 394 g/mol. The Morgan fingerprint density at radius 2 is 1.96 bits per heavy atom. The van der Waals surface area contributed by atoms with Crippen LogP contribution in [0.4, 0.5) is 11.4 Å². The highest BCUT2D eigenvalue weighted by Gasteiger charge is 2.35. The highest BCUT2D eigenvalue weighted by Crippen LogP contribution is 2.27. The first kappa shape index (κ1) is 16.0. The zero-order valence-electron chi connectivity index (χ0n) is 12.1. The Kier molecular flexibility index (Phi) is 4.68. The van der Waals surface area contributed by atoms with Gasteiger partial charge < -0.3 is 10.2 Å². The molecule has 2 aromatic carbocycles. The summed E-state index contributed by atoms with van der Waals surface area (Å²) in [6, 6.07) is 14.4. The van der Waals surface area contributed by atoms with E-state index in [1.54, 1.807) is 29.2 Å². The van der Waals surface area contributed by atoms with Crippen LogP contribution >= 0.6 is 27.5 Å². The molecule has 4 nitrogen and oxygen atoms in total. The Morgan fingerprint density at radius 1 is 1.22 bits per heavy atom. The van der Waals surface area contributed by atoms with Gasteiger partial charge in [-0.15, -0.1) is 0 Å². The van der Waals surface area contributed by atoms with Crippen LogP contribution in [0.25, 0.3) is 0 Å². The number of carbonyl (C=O) groups is 2. The molecule has 118 valence electrons. The fraction of sp³-hybridized carbons (Fsp3) is 0.176. The summed E-state index contributed by atoms with van der Waals surface area (Å²) < 4.78 is 0.889. The van der Waals surface area contributed by atoms with Crippen molar-refractivity contribution in [2.24, 2.45) is 5.92 Å². The number of carbonyl (C=O) groups excluding carboxylic acids is 2. The molecular weight excluding hydrogens is 380 g/mol. The highest BCUT2D eigenvalue weighted by molar-refractivity contribution is 9.10. The maximum Gasteiger partial charge on any atom is 0.229 e. The van der Waals surface area contributed by atoms with Crippen molar-refractivity contribution in [2.45, 2.75) is 6.42 Å². The van der Waals surface area contributed by atoms with Crippen molar-refractivity contribution in [1.29, 1.82) is 0 Å². The quantitative estimate of drug-likeness (QED) is 0.854. The normalized spacial score (nSPS) is 17.4. The molecule has 2 amide bonds. The van der Waals surface area contributed by atoms with E-state index in [2.05, 4.69) is 21.2 Å². The molecule has 0 aromatic heterocycles. The van der Waals surface area contributed by atoms with Crippen LogP contribution < -0.4 is 10.2 Å². The molecule has 1 heterocycles. The molecule has 1 atom stereocenters.